The van der Waals surface area contributed by atoms with Gasteiger partial charge in [-0.2, -0.15) is 13.2 Å². The van der Waals surface area contributed by atoms with Gasteiger partial charge in [0.15, 0.2) is 5.13 Å². The SMILES string of the molecule is CC(=O)N(c1ccc(F)cc1)c1nc(CN2CCCC(C(F)(F)F)C2)cs1. The smallest absolute Gasteiger partial charge is 0.297 e. The molecule has 0 radical (unpaired) electrons. The molecule has 1 atom stereocenters. The zero-order valence-electron chi connectivity index (χ0n) is 14.7. The minimum Gasteiger partial charge on any atom is -0.297 e. The number of halogens is 4. The van der Waals surface area contributed by atoms with Gasteiger partial charge >= 0.3 is 6.18 Å². The molecule has 1 fully saturated rings. The minimum absolute atomic E-state index is 0.0370. The van der Waals surface area contributed by atoms with Crippen molar-refractivity contribution in [3.8, 4) is 0 Å². The van der Waals surface area contributed by atoms with Crippen molar-refractivity contribution in [3.63, 3.8) is 0 Å². The second-order valence-electron chi connectivity index (χ2n) is 6.57. The Hall–Kier alpha value is -2.00. The molecule has 2 aromatic rings. The summed E-state index contributed by atoms with van der Waals surface area (Å²) < 4.78 is 52.0. The van der Waals surface area contributed by atoms with Crippen molar-refractivity contribution in [1.29, 1.82) is 0 Å². The second kappa shape index (κ2) is 7.93. The van der Waals surface area contributed by atoms with Crippen molar-refractivity contribution < 1.29 is 22.4 Å². The summed E-state index contributed by atoms with van der Waals surface area (Å²) in [6.45, 7) is 2.24. The van der Waals surface area contributed by atoms with Crippen molar-refractivity contribution in [2.45, 2.75) is 32.5 Å². The predicted molar refractivity (Wildman–Crippen MR) is 95.4 cm³/mol. The van der Waals surface area contributed by atoms with Crippen molar-refractivity contribution in [3.05, 3.63) is 41.2 Å². The quantitative estimate of drug-likeness (QED) is 0.695. The zero-order chi connectivity index (χ0) is 19.6. The number of hydrogen-bond donors (Lipinski definition) is 0. The minimum atomic E-state index is -4.18. The highest BCUT2D eigenvalue weighted by Gasteiger charge is 2.41. The molecule has 1 unspecified atom stereocenters. The maximum atomic E-state index is 13.1. The molecule has 2 heterocycles. The van der Waals surface area contributed by atoms with Crippen LogP contribution in [0.3, 0.4) is 0 Å². The standard InChI is InChI=1S/C18H19F4N3OS/c1-12(26)25(16-6-4-14(19)5-7-16)17-23-15(11-27-17)10-24-8-2-3-13(9-24)18(20,21)22/h4-7,11,13H,2-3,8-10H2,1H3. The number of anilines is 2. The van der Waals surface area contributed by atoms with E-state index in [0.717, 1.165) is 0 Å². The Labute approximate surface area is 158 Å². The van der Waals surface area contributed by atoms with E-state index in [0.29, 0.717) is 36.0 Å². The number of benzene rings is 1. The number of hydrogen-bond acceptors (Lipinski definition) is 4. The molecule has 146 valence electrons. The Kier molecular flexibility index (Phi) is 5.81. The molecule has 1 aliphatic heterocycles. The van der Waals surface area contributed by atoms with Gasteiger partial charge < -0.3 is 0 Å². The summed E-state index contributed by atoms with van der Waals surface area (Å²) in [4.78, 5) is 19.6. The summed E-state index contributed by atoms with van der Waals surface area (Å²) in [6, 6.07) is 5.47. The van der Waals surface area contributed by atoms with Crippen molar-refractivity contribution in [1.82, 2.24) is 9.88 Å². The highest BCUT2D eigenvalue weighted by Crippen LogP contribution is 2.34. The Morgan fingerprint density at radius 3 is 2.67 bits per heavy atom. The highest BCUT2D eigenvalue weighted by atomic mass is 32.1. The molecular formula is C18H19F4N3OS. The first-order chi connectivity index (χ1) is 12.7. The van der Waals surface area contributed by atoms with Gasteiger partial charge in [0.1, 0.15) is 5.82 Å². The van der Waals surface area contributed by atoms with E-state index in [-0.39, 0.29) is 18.9 Å². The summed E-state index contributed by atoms with van der Waals surface area (Å²) in [5, 5.41) is 2.15. The molecule has 1 aromatic carbocycles. The van der Waals surface area contributed by atoms with Gasteiger partial charge in [0.25, 0.3) is 0 Å². The van der Waals surface area contributed by atoms with E-state index >= 15 is 0 Å². The van der Waals surface area contributed by atoms with Gasteiger partial charge in [0.05, 0.1) is 17.3 Å². The number of likely N-dealkylation sites (tertiary alicyclic amines) is 1. The average Bonchev–Trinajstić information content (AvgIpc) is 3.04. The van der Waals surface area contributed by atoms with Crippen LogP contribution in [0.1, 0.15) is 25.5 Å². The number of piperidine rings is 1. The van der Waals surface area contributed by atoms with Gasteiger partial charge in [-0.05, 0) is 43.7 Å². The monoisotopic (exact) mass is 401 g/mol. The van der Waals surface area contributed by atoms with Crippen molar-refractivity contribution in [2.75, 3.05) is 18.0 Å². The number of amides is 1. The van der Waals surface area contributed by atoms with Gasteiger partial charge in [-0.25, -0.2) is 9.37 Å². The van der Waals surface area contributed by atoms with Gasteiger partial charge in [-0.1, -0.05) is 0 Å². The average molecular weight is 401 g/mol. The van der Waals surface area contributed by atoms with Gasteiger partial charge in [0.2, 0.25) is 5.91 Å². The fourth-order valence-electron chi connectivity index (χ4n) is 3.18. The number of alkyl halides is 3. The topological polar surface area (TPSA) is 36.4 Å². The molecule has 1 saturated heterocycles. The Morgan fingerprint density at radius 1 is 1.33 bits per heavy atom. The van der Waals surface area contributed by atoms with Crippen LogP contribution in [0.15, 0.2) is 29.6 Å². The molecule has 9 heteroatoms. The van der Waals surface area contributed by atoms with E-state index < -0.39 is 17.9 Å². The largest absolute Gasteiger partial charge is 0.393 e. The van der Waals surface area contributed by atoms with E-state index in [9.17, 15) is 22.4 Å². The molecule has 0 aliphatic carbocycles. The normalized spacial score (nSPS) is 18.5. The number of carbonyl (C=O) groups is 1. The predicted octanol–water partition coefficient (Wildman–Crippen LogP) is 4.74. The number of rotatable bonds is 4. The molecule has 1 amide bonds. The third-order valence-corrected chi connectivity index (χ3v) is 5.36. The third kappa shape index (κ3) is 4.84. The first-order valence-corrected chi connectivity index (χ1v) is 9.42. The van der Waals surface area contributed by atoms with Gasteiger partial charge in [0, 0.05) is 25.4 Å². The molecule has 27 heavy (non-hydrogen) atoms. The molecule has 4 nitrogen and oxygen atoms in total. The molecular weight excluding hydrogens is 382 g/mol. The lowest BCUT2D eigenvalue weighted by Gasteiger charge is -2.33. The van der Waals surface area contributed by atoms with Crippen LogP contribution in [0.4, 0.5) is 28.4 Å². The summed E-state index contributed by atoms with van der Waals surface area (Å²) in [5.74, 6) is -2.00. The van der Waals surface area contributed by atoms with Gasteiger partial charge in [-0.3, -0.25) is 14.6 Å². The van der Waals surface area contributed by atoms with Crippen LogP contribution in [0.25, 0.3) is 0 Å². The molecule has 3 rings (SSSR count). The molecule has 1 aromatic heterocycles. The summed E-state index contributed by atoms with van der Waals surface area (Å²) in [5.41, 5.74) is 1.10. The Balaban J connectivity index is 1.73. The van der Waals surface area contributed by atoms with Crippen LogP contribution in [-0.2, 0) is 11.3 Å². The van der Waals surface area contributed by atoms with Crippen LogP contribution < -0.4 is 4.90 Å². The van der Waals surface area contributed by atoms with Crippen LogP contribution in [0.2, 0.25) is 0 Å². The summed E-state index contributed by atoms with van der Waals surface area (Å²) in [6.07, 6.45) is -3.53. The lowest BCUT2D eigenvalue weighted by molar-refractivity contribution is -0.187. The van der Waals surface area contributed by atoms with Crippen LogP contribution >= 0.6 is 11.3 Å². The first kappa shape index (κ1) is 19.8. The zero-order valence-corrected chi connectivity index (χ0v) is 15.5. The molecule has 0 N–H and O–H groups in total. The lowest BCUT2D eigenvalue weighted by Crippen LogP contribution is -2.41. The number of thiazole rings is 1. The first-order valence-electron chi connectivity index (χ1n) is 8.54. The molecule has 1 aliphatic rings. The lowest BCUT2D eigenvalue weighted by atomic mass is 9.97. The maximum absolute atomic E-state index is 13.1. The molecule has 0 spiro atoms. The van der Waals surface area contributed by atoms with E-state index in [1.54, 1.807) is 10.3 Å². The van der Waals surface area contributed by atoms with E-state index in [1.807, 2.05) is 0 Å². The number of nitrogens with zero attached hydrogens (tertiary/aromatic N) is 3. The Bertz CT molecular complexity index is 791. The van der Waals surface area contributed by atoms with Gasteiger partial charge in [-0.15, -0.1) is 11.3 Å². The molecule has 0 saturated carbocycles. The van der Waals surface area contributed by atoms with Crippen LogP contribution in [0, 0.1) is 11.7 Å². The Morgan fingerprint density at radius 2 is 2.04 bits per heavy atom. The van der Waals surface area contributed by atoms with E-state index in [2.05, 4.69) is 4.98 Å². The maximum Gasteiger partial charge on any atom is 0.393 e. The fraction of sp³-hybridized carbons (Fsp3) is 0.444. The summed E-state index contributed by atoms with van der Waals surface area (Å²) >= 11 is 1.23. The highest BCUT2D eigenvalue weighted by molar-refractivity contribution is 7.14. The van der Waals surface area contributed by atoms with Crippen molar-refractivity contribution >= 4 is 28.1 Å². The number of aromatic nitrogens is 1. The van der Waals surface area contributed by atoms with Crippen LogP contribution in [0.5, 0.6) is 0 Å². The van der Waals surface area contributed by atoms with Crippen molar-refractivity contribution in [2.24, 2.45) is 5.92 Å². The summed E-state index contributed by atoms with van der Waals surface area (Å²) in [7, 11) is 0. The number of carbonyl (C=O) groups excluding carboxylic acids is 1. The van der Waals surface area contributed by atoms with E-state index in [1.165, 1.54) is 47.4 Å². The van der Waals surface area contributed by atoms with Crippen LogP contribution in [-0.4, -0.2) is 35.1 Å². The third-order valence-electron chi connectivity index (χ3n) is 4.48. The fourth-order valence-corrected chi connectivity index (χ4v) is 4.06. The second-order valence-corrected chi connectivity index (χ2v) is 7.40. The van der Waals surface area contributed by atoms with E-state index in [4.69, 9.17) is 0 Å². The molecule has 0 bridgehead atoms.